The Morgan fingerprint density at radius 1 is 1.56 bits per heavy atom. The lowest BCUT2D eigenvalue weighted by atomic mass is 9.34. The maximum atomic E-state index is 12.3. The van der Waals surface area contributed by atoms with Gasteiger partial charge in [-0.3, -0.25) is 9.59 Å². The van der Waals surface area contributed by atoms with Gasteiger partial charge >= 0.3 is 5.97 Å². The number of hydrogen-bond acceptors (Lipinski definition) is 4. The molecule has 3 rings (SSSR count). The van der Waals surface area contributed by atoms with Crippen molar-refractivity contribution in [2.45, 2.75) is 32.3 Å². The van der Waals surface area contributed by atoms with Gasteiger partial charge in [0.1, 0.15) is 11.2 Å². The lowest BCUT2D eigenvalue weighted by Gasteiger charge is -2.65. The zero-order chi connectivity index (χ0) is 13.3. The van der Waals surface area contributed by atoms with Crippen molar-refractivity contribution < 1.29 is 19.1 Å². The molecule has 0 radical (unpaired) electrons. The van der Waals surface area contributed by atoms with E-state index < -0.39 is 16.4 Å². The average molecular weight is 250 g/mol. The standard InChI is InChI=1S/C14H18O4/c1-8(2)14-5-9-10(15)6-12(14,3)18-7-13(9,14)11(16)17-4/h9H,1,5-7H2,2-4H3/t9-,12-,13+,14-/m0/s1. The van der Waals surface area contributed by atoms with Gasteiger partial charge in [-0.05, 0) is 20.3 Å². The quantitative estimate of drug-likeness (QED) is 0.550. The fourth-order valence-corrected chi connectivity index (χ4v) is 4.75. The average Bonchev–Trinajstić information content (AvgIpc) is 2.39. The summed E-state index contributed by atoms with van der Waals surface area (Å²) in [7, 11) is 1.37. The number of fused-ring (bicyclic) bond motifs is 2. The molecule has 2 saturated carbocycles. The van der Waals surface area contributed by atoms with Gasteiger partial charge in [0.15, 0.2) is 0 Å². The highest BCUT2D eigenvalue weighted by molar-refractivity contribution is 5.97. The van der Waals surface area contributed by atoms with Gasteiger partial charge in [0.25, 0.3) is 0 Å². The van der Waals surface area contributed by atoms with Crippen molar-refractivity contribution >= 4 is 11.8 Å². The molecule has 1 saturated heterocycles. The van der Waals surface area contributed by atoms with E-state index in [9.17, 15) is 9.59 Å². The largest absolute Gasteiger partial charge is 0.468 e. The molecular weight excluding hydrogens is 232 g/mol. The summed E-state index contributed by atoms with van der Waals surface area (Å²) in [6.07, 6.45) is 1.05. The smallest absolute Gasteiger partial charge is 0.315 e. The summed E-state index contributed by atoms with van der Waals surface area (Å²) in [5, 5.41) is 0. The van der Waals surface area contributed by atoms with Gasteiger partial charge < -0.3 is 9.47 Å². The Morgan fingerprint density at radius 2 is 2.22 bits per heavy atom. The first-order valence-electron chi connectivity index (χ1n) is 6.27. The molecule has 0 N–H and O–H groups in total. The van der Waals surface area contributed by atoms with E-state index in [1.54, 1.807) is 0 Å². The van der Waals surface area contributed by atoms with E-state index in [-0.39, 0.29) is 24.3 Å². The third-order valence-electron chi connectivity index (χ3n) is 5.57. The van der Waals surface area contributed by atoms with Crippen LogP contribution in [0.1, 0.15) is 26.7 Å². The minimum Gasteiger partial charge on any atom is -0.468 e. The molecule has 18 heavy (non-hydrogen) atoms. The molecule has 3 fully saturated rings. The summed E-state index contributed by atoms with van der Waals surface area (Å²) in [6.45, 7) is 8.20. The lowest BCUT2D eigenvalue weighted by Crippen LogP contribution is -2.73. The molecule has 4 heteroatoms. The number of hydrogen-bond donors (Lipinski definition) is 0. The number of esters is 1. The van der Waals surface area contributed by atoms with E-state index in [0.29, 0.717) is 12.8 Å². The molecular formula is C14H18O4. The maximum absolute atomic E-state index is 12.3. The van der Waals surface area contributed by atoms with E-state index >= 15 is 0 Å². The normalized spacial score (nSPS) is 48.6. The number of ether oxygens (including phenoxy) is 2. The number of methoxy groups -OCH3 is 1. The molecule has 0 spiro atoms. The summed E-state index contributed by atoms with van der Waals surface area (Å²) in [5.41, 5.74) is -0.918. The van der Waals surface area contributed by atoms with Crippen LogP contribution >= 0.6 is 0 Å². The van der Waals surface area contributed by atoms with Gasteiger partial charge in [0, 0.05) is 17.8 Å². The molecule has 0 aromatic carbocycles. The van der Waals surface area contributed by atoms with Crippen LogP contribution in [0.3, 0.4) is 0 Å². The van der Waals surface area contributed by atoms with E-state index in [0.717, 1.165) is 5.57 Å². The van der Waals surface area contributed by atoms with E-state index in [1.807, 2.05) is 13.8 Å². The highest BCUT2D eigenvalue weighted by Crippen LogP contribution is 2.77. The zero-order valence-corrected chi connectivity index (χ0v) is 11.0. The molecule has 2 bridgehead atoms. The number of rotatable bonds is 2. The molecule has 1 heterocycles. The van der Waals surface area contributed by atoms with Crippen molar-refractivity contribution in [3.05, 3.63) is 12.2 Å². The van der Waals surface area contributed by atoms with Crippen LogP contribution in [0.4, 0.5) is 0 Å². The van der Waals surface area contributed by atoms with Gasteiger partial charge in [-0.2, -0.15) is 0 Å². The second-order valence-electron chi connectivity index (χ2n) is 6.07. The predicted molar refractivity (Wildman–Crippen MR) is 63.8 cm³/mol. The monoisotopic (exact) mass is 250 g/mol. The predicted octanol–water partition coefficient (Wildman–Crippen LogP) is 1.49. The number of ketones is 1. The molecule has 0 unspecified atom stereocenters. The van der Waals surface area contributed by atoms with Crippen LogP contribution in [0.2, 0.25) is 0 Å². The Morgan fingerprint density at radius 3 is 2.78 bits per heavy atom. The SMILES string of the molecule is C=C(C)[C@@]12C[C@H]3C(=O)C[C@]1(C)OC[C@]32C(=O)OC. The van der Waals surface area contributed by atoms with Crippen molar-refractivity contribution in [1.29, 1.82) is 0 Å². The van der Waals surface area contributed by atoms with E-state index in [1.165, 1.54) is 7.11 Å². The van der Waals surface area contributed by atoms with E-state index in [4.69, 9.17) is 9.47 Å². The van der Waals surface area contributed by atoms with Crippen LogP contribution in [-0.2, 0) is 19.1 Å². The lowest BCUT2D eigenvalue weighted by molar-refractivity contribution is -0.204. The van der Waals surface area contributed by atoms with Gasteiger partial charge in [-0.15, -0.1) is 0 Å². The number of Topliss-reactive ketones (excluding diaryl/α,β-unsaturated/α-hetero) is 1. The van der Waals surface area contributed by atoms with Crippen molar-refractivity contribution in [2.75, 3.05) is 13.7 Å². The maximum Gasteiger partial charge on any atom is 0.315 e. The van der Waals surface area contributed by atoms with Gasteiger partial charge in [-0.1, -0.05) is 12.2 Å². The summed E-state index contributed by atoms with van der Waals surface area (Å²) >= 11 is 0. The molecule has 0 aromatic rings. The first-order chi connectivity index (χ1) is 8.35. The molecule has 0 amide bonds. The highest BCUT2D eigenvalue weighted by atomic mass is 16.5. The highest BCUT2D eigenvalue weighted by Gasteiger charge is 2.85. The van der Waals surface area contributed by atoms with E-state index in [2.05, 4.69) is 6.58 Å². The molecule has 1 aliphatic heterocycles. The molecule has 2 aliphatic carbocycles. The van der Waals surface area contributed by atoms with Crippen LogP contribution in [-0.4, -0.2) is 31.1 Å². The van der Waals surface area contributed by atoms with Crippen LogP contribution in [0.15, 0.2) is 12.2 Å². The fourth-order valence-electron chi connectivity index (χ4n) is 4.75. The number of carbonyl (C=O) groups is 2. The van der Waals surface area contributed by atoms with Crippen LogP contribution < -0.4 is 0 Å². The second kappa shape index (κ2) is 3.05. The van der Waals surface area contributed by atoms with Crippen molar-refractivity contribution in [3.63, 3.8) is 0 Å². The van der Waals surface area contributed by atoms with Crippen molar-refractivity contribution in [2.24, 2.45) is 16.7 Å². The van der Waals surface area contributed by atoms with Gasteiger partial charge in [-0.25, -0.2) is 0 Å². The first kappa shape index (κ1) is 11.9. The Labute approximate surface area is 106 Å². The first-order valence-corrected chi connectivity index (χ1v) is 6.27. The topological polar surface area (TPSA) is 52.6 Å². The Hall–Kier alpha value is -1.16. The second-order valence-corrected chi connectivity index (χ2v) is 6.07. The van der Waals surface area contributed by atoms with Crippen molar-refractivity contribution in [1.82, 2.24) is 0 Å². The fraction of sp³-hybridized carbons (Fsp3) is 0.714. The summed E-state index contributed by atoms with van der Waals surface area (Å²) in [4.78, 5) is 24.5. The van der Waals surface area contributed by atoms with Crippen molar-refractivity contribution in [3.8, 4) is 0 Å². The summed E-state index contributed by atoms with van der Waals surface area (Å²) in [5.74, 6) is -0.445. The third-order valence-corrected chi connectivity index (χ3v) is 5.57. The summed E-state index contributed by atoms with van der Waals surface area (Å²) in [6, 6.07) is 0. The molecule has 98 valence electrons. The van der Waals surface area contributed by atoms with Crippen LogP contribution in [0.25, 0.3) is 0 Å². The Balaban J connectivity index is 2.22. The zero-order valence-electron chi connectivity index (χ0n) is 11.0. The molecule has 3 aliphatic rings. The Kier molecular flexibility index (Phi) is 2.01. The molecule has 4 atom stereocenters. The van der Waals surface area contributed by atoms with Gasteiger partial charge in [0.2, 0.25) is 0 Å². The molecule has 0 aromatic heterocycles. The number of carbonyl (C=O) groups excluding carboxylic acids is 2. The Bertz CT molecular complexity index is 482. The van der Waals surface area contributed by atoms with Crippen LogP contribution in [0.5, 0.6) is 0 Å². The van der Waals surface area contributed by atoms with Crippen LogP contribution in [0, 0.1) is 16.7 Å². The third kappa shape index (κ3) is 0.850. The minimum absolute atomic E-state index is 0.128. The molecule has 4 nitrogen and oxygen atoms in total. The minimum atomic E-state index is -0.822. The summed E-state index contributed by atoms with van der Waals surface area (Å²) < 4.78 is 10.9. The van der Waals surface area contributed by atoms with Gasteiger partial charge in [0.05, 0.1) is 19.3 Å².